The van der Waals surface area contributed by atoms with E-state index in [0.717, 1.165) is 19.3 Å². The lowest BCUT2D eigenvalue weighted by Crippen LogP contribution is -2.60. The van der Waals surface area contributed by atoms with Gasteiger partial charge >= 0.3 is 5.97 Å². The van der Waals surface area contributed by atoms with Crippen LogP contribution in [0, 0.1) is 51.8 Å². The first kappa shape index (κ1) is 28.8. The second-order valence-corrected chi connectivity index (χ2v) is 15.7. The molecule has 1 saturated heterocycles. The largest absolute Gasteiger partial charge is 0.457 e. The molecule has 0 amide bonds. The van der Waals surface area contributed by atoms with Crippen LogP contribution in [0.3, 0.4) is 0 Å². The van der Waals surface area contributed by atoms with Gasteiger partial charge in [0.15, 0.2) is 6.10 Å². The summed E-state index contributed by atoms with van der Waals surface area (Å²) in [6.45, 7) is 17.2. The van der Waals surface area contributed by atoms with Gasteiger partial charge in [0, 0.05) is 12.5 Å². The Morgan fingerprint density at radius 2 is 1.63 bits per heavy atom. The molecule has 6 unspecified atom stereocenters. The fourth-order valence-electron chi connectivity index (χ4n) is 11.1. The van der Waals surface area contributed by atoms with Gasteiger partial charge in [-0.05, 0) is 111 Å². The molecule has 0 aromatic heterocycles. The van der Waals surface area contributed by atoms with Crippen molar-refractivity contribution in [3.63, 3.8) is 0 Å². The fraction of sp³-hybridized carbons (Fsp3) is 0.969. The van der Waals surface area contributed by atoms with Gasteiger partial charge in [-0.15, -0.1) is 0 Å². The van der Waals surface area contributed by atoms with Crippen LogP contribution in [0.2, 0.25) is 0 Å². The first-order valence-corrected chi connectivity index (χ1v) is 15.6. The maximum atomic E-state index is 12.3. The lowest BCUT2D eigenvalue weighted by atomic mass is 9.40. The summed E-state index contributed by atoms with van der Waals surface area (Å²) in [7, 11) is 0. The molecule has 1 aliphatic heterocycles. The molecule has 5 aliphatic rings. The highest BCUT2D eigenvalue weighted by Gasteiger charge is 2.69. The fourth-order valence-corrected chi connectivity index (χ4v) is 11.1. The number of hydrogen-bond donors (Lipinski definition) is 3. The Balaban J connectivity index is 1.44. The Kier molecular flexibility index (Phi) is 7.15. The third-order valence-corrected chi connectivity index (χ3v) is 13.0. The van der Waals surface area contributed by atoms with Crippen molar-refractivity contribution in [2.75, 3.05) is 0 Å². The Morgan fingerprint density at radius 3 is 2.26 bits per heavy atom. The quantitative estimate of drug-likeness (QED) is 0.436. The molecule has 0 aromatic carbocycles. The summed E-state index contributed by atoms with van der Waals surface area (Å²) in [4.78, 5) is 12.3. The van der Waals surface area contributed by atoms with E-state index < -0.39 is 11.7 Å². The van der Waals surface area contributed by atoms with Crippen LogP contribution in [-0.4, -0.2) is 52.2 Å². The third kappa shape index (κ3) is 4.13. The van der Waals surface area contributed by atoms with E-state index >= 15 is 0 Å². The molecular formula is C32H55NO5. The normalized spacial score (nSPS) is 50.7. The Bertz CT molecular complexity index is 914. The van der Waals surface area contributed by atoms with Crippen molar-refractivity contribution < 1.29 is 24.5 Å². The predicted octanol–water partition coefficient (Wildman–Crippen LogP) is 5.08. The van der Waals surface area contributed by atoms with Crippen molar-refractivity contribution in [1.29, 1.82) is 0 Å². The van der Waals surface area contributed by atoms with Crippen LogP contribution in [0.4, 0.5) is 0 Å². The standard InChI is InChI=1S/C32H55NO5/c1-9-23(35)38-28(30(5,6)36)21-16-17(2)24-27(37-21)26(33)25-20-11-10-18-19(12-13-22(34)29(18,3)4)31(20,7)14-15-32(24,25)8/h17-22,24-28,34,36H,9-16,33H2,1-8H3/t17-,18?,19?,20+,21-,22+,24?,25?,26?,27?,28+,31+,32-/m1/s1. The molecule has 5 rings (SSSR count). The minimum absolute atomic E-state index is 0.0314. The van der Waals surface area contributed by atoms with Crippen LogP contribution in [0.5, 0.6) is 0 Å². The van der Waals surface area contributed by atoms with Crippen molar-refractivity contribution in [3.05, 3.63) is 0 Å². The van der Waals surface area contributed by atoms with Crippen LogP contribution < -0.4 is 5.73 Å². The smallest absolute Gasteiger partial charge is 0.305 e. The summed E-state index contributed by atoms with van der Waals surface area (Å²) in [5, 5.41) is 21.8. The van der Waals surface area contributed by atoms with Gasteiger partial charge in [0.1, 0.15) is 0 Å². The summed E-state index contributed by atoms with van der Waals surface area (Å²) in [5.74, 6) is 2.60. The van der Waals surface area contributed by atoms with Crippen LogP contribution in [-0.2, 0) is 14.3 Å². The van der Waals surface area contributed by atoms with Gasteiger partial charge < -0.3 is 25.4 Å². The van der Waals surface area contributed by atoms with Gasteiger partial charge in [-0.25, -0.2) is 0 Å². The molecule has 6 nitrogen and oxygen atoms in total. The van der Waals surface area contributed by atoms with Crippen LogP contribution >= 0.6 is 0 Å². The van der Waals surface area contributed by atoms with Crippen LogP contribution in [0.1, 0.15) is 107 Å². The number of hydrogen-bond acceptors (Lipinski definition) is 6. The van der Waals surface area contributed by atoms with Gasteiger partial charge in [0.05, 0.1) is 23.9 Å². The zero-order valence-corrected chi connectivity index (χ0v) is 25.2. The average Bonchev–Trinajstić information content (AvgIpc) is 3.06. The van der Waals surface area contributed by atoms with Crippen LogP contribution in [0.25, 0.3) is 0 Å². The molecule has 0 spiro atoms. The number of esters is 1. The second-order valence-electron chi connectivity index (χ2n) is 15.7. The monoisotopic (exact) mass is 533 g/mol. The zero-order chi connectivity index (χ0) is 28.0. The van der Waals surface area contributed by atoms with E-state index in [-0.39, 0.29) is 53.0 Å². The molecule has 1 heterocycles. The van der Waals surface area contributed by atoms with E-state index in [1.54, 1.807) is 20.8 Å². The van der Waals surface area contributed by atoms with E-state index in [9.17, 15) is 15.0 Å². The van der Waals surface area contributed by atoms with Crippen molar-refractivity contribution >= 4 is 5.97 Å². The third-order valence-electron chi connectivity index (χ3n) is 13.0. The number of rotatable bonds is 4. The van der Waals surface area contributed by atoms with Gasteiger partial charge in [0.25, 0.3) is 0 Å². The maximum absolute atomic E-state index is 12.3. The highest BCUT2D eigenvalue weighted by molar-refractivity contribution is 5.69. The van der Waals surface area contributed by atoms with E-state index in [1.165, 1.54) is 25.7 Å². The van der Waals surface area contributed by atoms with Gasteiger partial charge in [-0.3, -0.25) is 4.79 Å². The van der Waals surface area contributed by atoms with Gasteiger partial charge in [0.2, 0.25) is 0 Å². The summed E-state index contributed by atoms with van der Waals surface area (Å²) >= 11 is 0. The number of nitrogens with two attached hydrogens (primary N) is 1. The van der Waals surface area contributed by atoms with Crippen molar-refractivity contribution in [2.24, 2.45) is 57.5 Å². The highest BCUT2D eigenvalue weighted by Crippen LogP contribution is 2.71. The van der Waals surface area contributed by atoms with Crippen molar-refractivity contribution in [1.82, 2.24) is 0 Å². The summed E-state index contributed by atoms with van der Waals surface area (Å²) in [5.41, 5.74) is 6.40. The zero-order valence-electron chi connectivity index (χ0n) is 25.2. The number of ether oxygens (including phenoxy) is 2. The number of aliphatic hydroxyl groups is 2. The maximum Gasteiger partial charge on any atom is 0.305 e. The number of fused-ring (bicyclic) bond motifs is 7. The average molecular weight is 534 g/mol. The number of carbonyl (C=O) groups is 1. The predicted molar refractivity (Wildman–Crippen MR) is 148 cm³/mol. The first-order valence-electron chi connectivity index (χ1n) is 15.6. The molecule has 0 bridgehead atoms. The molecule has 4 saturated carbocycles. The molecule has 218 valence electrons. The van der Waals surface area contributed by atoms with Gasteiger partial charge in [-0.2, -0.15) is 0 Å². The molecule has 6 heteroatoms. The highest BCUT2D eigenvalue weighted by atomic mass is 16.6. The van der Waals surface area contributed by atoms with Crippen molar-refractivity contribution in [3.8, 4) is 0 Å². The summed E-state index contributed by atoms with van der Waals surface area (Å²) < 4.78 is 12.6. The Morgan fingerprint density at radius 1 is 1.03 bits per heavy atom. The molecule has 4 N–H and O–H groups in total. The van der Waals surface area contributed by atoms with E-state index in [0.29, 0.717) is 35.5 Å². The molecule has 0 aromatic rings. The van der Waals surface area contributed by atoms with E-state index in [2.05, 4.69) is 34.6 Å². The second kappa shape index (κ2) is 9.42. The summed E-state index contributed by atoms with van der Waals surface area (Å²) in [6, 6.07) is -0.0667. The lowest BCUT2D eigenvalue weighted by molar-refractivity contribution is -0.211. The van der Waals surface area contributed by atoms with E-state index in [4.69, 9.17) is 15.2 Å². The van der Waals surface area contributed by atoms with Gasteiger partial charge in [-0.1, -0.05) is 41.5 Å². The molecular weight excluding hydrogens is 478 g/mol. The molecule has 13 atom stereocenters. The first-order chi connectivity index (χ1) is 17.6. The number of aliphatic hydroxyl groups excluding tert-OH is 1. The molecule has 38 heavy (non-hydrogen) atoms. The topological polar surface area (TPSA) is 102 Å². The minimum Gasteiger partial charge on any atom is -0.457 e. The Hall–Kier alpha value is -0.690. The molecule has 4 aliphatic carbocycles. The number of carbonyl (C=O) groups excluding carboxylic acids is 1. The SMILES string of the molecule is CCC(=O)O[C@@H]([C@H]1C[C@@H](C)C2C(O1)C(N)C1[C@@H]3CCC4C(CC[C@H](O)C4(C)C)[C@]3(C)CC[C@]21C)C(C)(C)O. The molecule has 0 radical (unpaired) electrons. The van der Waals surface area contributed by atoms with E-state index in [1.807, 2.05) is 0 Å². The lowest BCUT2D eigenvalue weighted by Gasteiger charge is -2.65. The summed E-state index contributed by atoms with van der Waals surface area (Å²) in [6.07, 6.45) is 6.46. The van der Waals surface area contributed by atoms with Crippen LogP contribution in [0.15, 0.2) is 0 Å². The Labute approximate surface area is 230 Å². The minimum atomic E-state index is -1.20. The van der Waals surface area contributed by atoms with Crippen molar-refractivity contribution in [2.45, 2.75) is 143 Å². The molecule has 5 fully saturated rings.